The maximum atomic E-state index is 5.95. The number of benzene rings is 1. The van der Waals surface area contributed by atoms with Crippen LogP contribution in [0.25, 0.3) is 0 Å². The average molecular weight is 256 g/mol. The lowest BCUT2D eigenvalue weighted by Gasteiger charge is -2.11. The fourth-order valence-corrected chi connectivity index (χ4v) is 2.74. The van der Waals surface area contributed by atoms with Crippen LogP contribution in [0.4, 0.5) is 0 Å². The predicted octanol–water partition coefficient (Wildman–Crippen LogP) is 3.82. The zero-order valence-corrected chi connectivity index (χ0v) is 11.2. The molecule has 1 fully saturated rings. The van der Waals surface area contributed by atoms with Crippen LogP contribution >= 0.6 is 23.4 Å². The van der Waals surface area contributed by atoms with E-state index in [0.29, 0.717) is 5.92 Å². The van der Waals surface area contributed by atoms with Crippen LogP contribution < -0.4 is 5.32 Å². The first-order chi connectivity index (χ1) is 7.74. The molecule has 88 valence electrons. The van der Waals surface area contributed by atoms with Crippen molar-refractivity contribution in [2.24, 2.45) is 5.92 Å². The zero-order valence-electron chi connectivity index (χ0n) is 9.58. The van der Waals surface area contributed by atoms with Gasteiger partial charge in [-0.1, -0.05) is 24.6 Å². The van der Waals surface area contributed by atoms with Gasteiger partial charge in [0.1, 0.15) is 0 Å². The monoisotopic (exact) mass is 255 g/mol. The molecular formula is C13H18ClNS. The van der Waals surface area contributed by atoms with Crippen LogP contribution in [0.2, 0.25) is 5.02 Å². The summed E-state index contributed by atoms with van der Waals surface area (Å²) in [5.41, 5.74) is 0. The molecule has 1 N–H and O–H groups in total. The minimum atomic E-state index is 0.713. The van der Waals surface area contributed by atoms with Gasteiger partial charge in [-0.25, -0.2) is 0 Å². The molecule has 1 aliphatic rings. The van der Waals surface area contributed by atoms with E-state index >= 15 is 0 Å². The van der Waals surface area contributed by atoms with E-state index in [-0.39, 0.29) is 0 Å². The molecule has 1 aromatic rings. The molecule has 0 bridgehead atoms. The molecule has 1 aromatic carbocycles. The summed E-state index contributed by atoms with van der Waals surface area (Å²) < 4.78 is 0. The zero-order chi connectivity index (χ0) is 11.4. The molecule has 2 rings (SSSR count). The number of thioether (sulfide) groups is 1. The van der Waals surface area contributed by atoms with Gasteiger partial charge in [0.15, 0.2) is 0 Å². The second-order valence-corrected chi connectivity index (χ2v) is 6.09. The molecule has 1 saturated carbocycles. The van der Waals surface area contributed by atoms with Gasteiger partial charge in [-0.2, -0.15) is 0 Å². The van der Waals surface area contributed by atoms with Gasteiger partial charge in [-0.3, -0.25) is 0 Å². The highest BCUT2D eigenvalue weighted by atomic mass is 35.5. The first-order valence-corrected chi connectivity index (χ1v) is 7.22. The first kappa shape index (κ1) is 12.3. The maximum absolute atomic E-state index is 5.95. The van der Waals surface area contributed by atoms with Crippen molar-refractivity contribution in [1.29, 1.82) is 0 Å². The van der Waals surface area contributed by atoms with Gasteiger partial charge < -0.3 is 5.32 Å². The number of halogens is 1. The SMILES string of the molecule is CC(CNC1CC1)CSc1cccc(Cl)c1. The number of rotatable bonds is 6. The summed E-state index contributed by atoms with van der Waals surface area (Å²) >= 11 is 7.84. The molecule has 0 saturated heterocycles. The third-order valence-electron chi connectivity index (χ3n) is 2.66. The van der Waals surface area contributed by atoms with Crippen molar-refractivity contribution in [3.63, 3.8) is 0 Å². The van der Waals surface area contributed by atoms with Gasteiger partial charge in [-0.15, -0.1) is 11.8 Å². The van der Waals surface area contributed by atoms with Crippen molar-refractivity contribution in [3.8, 4) is 0 Å². The lowest BCUT2D eigenvalue weighted by molar-refractivity contribution is 0.557. The number of hydrogen-bond donors (Lipinski definition) is 1. The second-order valence-electron chi connectivity index (χ2n) is 4.56. The Morgan fingerprint density at radius 1 is 1.50 bits per heavy atom. The summed E-state index contributed by atoms with van der Waals surface area (Å²) in [5.74, 6) is 1.87. The molecule has 0 aliphatic heterocycles. The smallest absolute Gasteiger partial charge is 0.0417 e. The standard InChI is InChI=1S/C13H18ClNS/c1-10(8-15-12-5-6-12)9-16-13-4-2-3-11(14)7-13/h2-4,7,10,12,15H,5-6,8-9H2,1H3. The van der Waals surface area contributed by atoms with E-state index in [9.17, 15) is 0 Å². The van der Waals surface area contributed by atoms with E-state index in [4.69, 9.17) is 11.6 Å². The Hall–Kier alpha value is -0.180. The van der Waals surface area contributed by atoms with E-state index < -0.39 is 0 Å². The van der Waals surface area contributed by atoms with Gasteiger partial charge in [0.2, 0.25) is 0 Å². The first-order valence-electron chi connectivity index (χ1n) is 5.86. The average Bonchev–Trinajstić information content (AvgIpc) is 3.07. The van der Waals surface area contributed by atoms with Crippen molar-refractivity contribution in [3.05, 3.63) is 29.3 Å². The number of hydrogen-bond acceptors (Lipinski definition) is 2. The highest BCUT2D eigenvalue weighted by molar-refractivity contribution is 7.99. The van der Waals surface area contributed by atoms with Crippen molar-refractivity contribution in [2.75, 3.05) is 12.3 Å². The summed E-state index contributed by atoms with van der Waals surface area (Å²) in [4.78, 5) is 1.27. The normalized spacial score (nSPS) is 17.4. The molecule has 1 nitrogen and oxygen atoms in total. The molecule has 1 unspecified atom stereocenters. The minimum Gasteiger partial charge on any atom is -0.314 e. The minimum absolute atomic E-state index is 0.713. The summed E-state index contributed by atoms with van der Waals surface area (Å²) in [6.45, 7) is 3.44. The van der Waals surface area contributed by atoms with Crippen LogP contribution in [-0.4, -0.2) is 18.3 Å². The lowest BCUT2D eigenvalue weighted by Crippen LogP contribution is -2.24. The van der Waals surface area contributed by atoms with Crippen LogP contribution in [0.3, 0.4) is 0 Å². The van der Waals surface area contributed by atoms with E-state index in [1.54, 1.807) is 0 Å². The van der Waals surface area contributed by atoms with Gasteiger partial charge in [0.25, 0.3) is 0 Å². The fraction of sp³-hybridized carbons (Fsp3) is 0.538. The van der Waals surface area contributed by atoms with E-state index in [1.807, 2.05) is 30.0 Å². The molecule has 3 heteroatoms. The summed E-state index contributed by atoms with van der Waals surface area (Å²) in [6, 6.07) is 8.91. The third-order valence-corrected chi connectivity index (χ3v) is 4.22. The Labute approximate surface area is 107 Å². The van der Waals surface area contributed by atoms with Crippen LogP contribution in [0.15, 0.2) is 29.2 Å². The molecule has 0 heterocycles. The molecule has 1 atom stereocenters. The molecular weight excluding hydrogens is 238 g/mol. The lowest BCUT2D eigenvalue weighted by atomic mass is 10.2. The number of nitrogens with one attached hydrogen (secondary N) is 1. The topological polar surface area (TPSA) is 12.0 Å². The van der Waals surface area contributed by atoms with Crippen molar-refractivity contribution in [2.45, 2.75) is 30.7 Å². The molecule has 16 heavy (non-hydrogen) atoms. The Balaban J connectivity index is 1.69. The van der Waals surface area contributed by atoms with Crippen LogP contribution in [0.5, 0.6) is 0 Å². The van der Waals surface area contributed by atoms with Crippen LogP contribution in [0.1, 0.15) is 19.8 Å². The summed E-state index contributed by atoms with van der Waals surface area (Å²) in [5, 5.41) is 4.39. The van der Waals surface area contributed by atoms with Gasteiger partial charge in [-0.05, 0) is 43.5 Å². The van der Waals surface area contributed by atoms with Crippen molar-refractivity contribution >= 4 is 23.4 Å². The van der Waals surface area contributed by atoms with E-state index in [0.717, 1.165) is 23.4 Å². The Morgan fingerprint density at radius 3 is 3.00 bits per heavy atom. The van der Waals surface area contributed by atoms with Crippen LogP contribution in [-0.2, 0) is 0 Å². The van der Waals surface area contributed by atoms with Gasteiger partial charge in [0.05, 0.1) is 0 Å². The fourth-order valence-electron chi connectivity index (χ4n) is 1.51. The molecule has 1 aliphatic carbocycles. The summed E-state index contributed by atoms with van der Waals surface area (Å²) in [7, 11) is 0. The highest BCUT2D eigenvalue weighted by Gasteiger charge is 2.20. The second kappa shape index (κ2) is 5.95. The molecule has 0 spiro atoms. The Kier molecular flexibility index (Phi) is 4.56. The van der Waals surface area contributed by atoms with Gasteiger partial charge >= 0.3 is 0 Å². The molecule has 0 aromatic heterocycles. The predicted molar refractivity (Wildman–Crippen MR) is 72.4 cm³/mol. The third kappa shape index (κ3) is 4.36. The van der Waals surface area contributed by atoms with Gasteiger partial charge in [0, 0.05) is 21.7 Å². The Bertz CT molecular complexity index is 338. The van der Waals surface area contributed by atoms with Crippen LogP contribution in [0, 0.1) is 5.92 Å². The molecule has 0 radical (unpaired) electrons. The molecule has 0 amide bonds. The van der Waals surface area contributed by atoms with Crippen molar-refractivity contribution in [1.82, 2.24) is 5.32 Å². The summed E-state index contributed by atoms with van der Waals surface area (Å²) in [6.07, 6.45) is 2.74. The van der Waals surface area contributed by atoms with Crippen molar-refractivity contribution < 1.29 is 0 Å². The van der Waals surface area contributed by atoms with E-state index in [2.05, 4.69) is 18.3 Å². The highest BCUT2D eigenvalue weighted by Crippen LogP contribution is 2.24. The van der Waals surface area contributed by atoms with E-state index in [1.165, 1.54) is 17.7 Å². The Morgan fingerprint density at radius 2 is 2.31 bits per heavy atom. The quantitative estimate of drug-likeness (QED) is 0.776. The maximum Gasteiger partial charge on any atom is 0.0417 e. The largest absolute Gasteiger partial charge is 0.314 e.